The summed E-state index contributed by atoms with van der Waals surface area (Å²) in [5.74, 6) is 1.16. The van der Waals surface area contributed by atoms with E-state index in [9.17, 15) is 9.59 Å². The summed E-state index contributed by atoms with van der Waals surface area (Å²) in [6.45, 7) is 35.3. The van der Waals surface area contributed by atoms with Crippen LogP contribution in [0.2, 0.25) is 39.3 Å². The Kier molecular flexibility index (Phi) is 10.3. The van der Waals surface area contributed by atoms with Gasteiger partial charge in [0.05, 0.1) is 21.6 Å². The van der Waals surface area contributed by atoms with Gasteiger partial charge in [-0.25, -0.2) is 0 Å². The molecule has 292 valence electrons. The molecular formula is C42H77N3O4Si2. The number of nitrogens with zero attached hydrogens (tertiary/aromatic N) is 1. The van der Waals surface area contributed by atoms with E-state index >= 15 is 4.79 Å². The second-order valence-corrected chi connectivity index (χ2v) is 34.1. The highest BCUT2D eigenvalue weighted by Crippen LogP contribution is 2.88. The summed E-state index contributed by atoms with van der Waals surface area (Å²) >= 11 is 0. The number of fused-ring (bicyclic) bond motifs is 2. The number of carbonyl (C=O) groups excluding carboxylic acids is 3. The summed E-state index contributed by atoms with van der Waals surface area (Å²) in [6.07, 6.45) is 6.23. The van der Waals surface area contributed by atoms with E-state index in [0.717, 1.165) is 45.1 Å². The summed E-state index contributed by atoms with van der Waals surface area (Å²) in [4.78, 5) is 44.4. The fourth-order valence-electron chi connectivity index (χ4n) is 13.6. The number of ketones is 1. The number of hydrogen-bond acceptors (Lipinski definition) is 6. The molecule has 51 heavy (non-hydrogen) atoms. The van der Waals surface area contributed by atoms with Gasteiger partial charge in [0.1, 0.15) is 11.9 Å². The summed E-state index contributed by atoms with van der Waals surface area (Å²) in [5.41, 5.74) is -1.46. The molecule has 2 spiro atoms. The molecule has 0 saturated heterocycles. The second-order valence-electron chi connectivity index (χ2n) is 22.9. The van der Waals surface area contributed by atoms with E-state index in [1.54, 1.807) is 0 Å². The quantitative estimate of drug-likeness (QED) is 0.175. The normalized spacial score (nSPS) is 41.5. The van der Waals surface area contributed by atoms with Crippen molar-refractivity contribution in [2.45, 2.75) is 170 Å². The van der Waals surface area contributed by atoms with Crippen molar-refractivity contribution in [3.63, 3.8) is 0 Å². The van der Waals surface area contributed by atoms with Crippen molar-refractivity contribution in [3.8, 4) is 0 Å². The first-order valence-electron chi connectivity index (χ1n) is 20.5. The van der Waals surface area contributed by atoms with Gasteiger partial charge in [-0.3, -0.25) is 14.4 Å². The molecule has 2 N–H and O–H groups in total. The summed E-state index contributed by atoms with van der Waals surface area (Å²) in [7, 11) is 1.21. The van der Waals surface area contributed by atoms with Gasteiger partial charge >= 0.3 is 5.97 Å². The Morgan fingerprint density at radius 3 is 2.00 bits per heavy atom. The maximum atomic E-state index is 15.3. The number of hydrogen-bond donors (Lipinski definition) is 2. The number of amides is 1. The van der Waals surface area contributed by atoms with Gasteiger partial charge in [-0.05, 0) is 114 Å². The van der Waals surface area contributed by atoms with Crippen LogP contribution in [0.1, 0.15) is 107 Å². The third kappa shape index (κ3) is 6.20. The fraction of sp³-hybridized carbons (Fsp3) is 0.929. The second kappa shape index (κ2) is 12.8. The third-order valence-electron chi connectivity index (χ3n) is 16.2. The first kappa shape index (κ1) is 41.1. The fourth-order valence-corrected chi connectivity index (χ4v) is 25.5. The molecule has 0 heterocycles. The Balaban J connectivity index is 1.55. The maximum absolute atomic E-state index is 15.3. The van der Waals surface area contributed by atoms with Gasteiger partial charge in [0.25, 0.3) is 0 Å². The van der Waals surface area contributed by atoms with Crippen LogP contribution in [0.15, 0.2) is 0 Å². The molecule has 0 aromatic rings. The van der Waals surface area contributed by atoms with Gasteiger partial charge in [-0.15, -0.1) is 0 Å². The van der Waals surface area contributed by atoms with Gasteiger partial charge in [-0.2, -0.15) is 0 Å². The zero-order valence-electron chi connectivity index (χ0n) is 35.9. The van der Waals surface area contributed by atoms with Crippen molar-refractivity contribution in [1.82, 2.24) is 15.5 Å². The largest absolute Gasteiger partial charge is 0.462 e. The molecule has 0 bridgehead atoms. The summed E-state index contributed by atoms with van der Waals surface area (Å²) < 4.78 is 6.54. The van der Waals surface area contributed by atoms with Gasteiger partial charge < -0.3 is 20.3 Å². The van der Waals surface area contributed by atoms with E-state index in [2.05, 4.69) is 96.6 Å². The smallest absolute Gasteiger partial charge is 0.311 e. The molecule has 0 aromatic carbocycles. The lowest BCUT2D eigenvalue weighted by atomic mass is 9.41. The Labute approximate surface area is 314 Å². The molecule has 1 unspecified atom stereocenters. The number of Topliss-reactive ketones (excluding diaryl/α,β-unsaturated/α-hetero) is 1. The van der Waals surface area contributed by atoms with E-state index < -0.39 is 21.6 Å². The highest BCUT2D eigenvalue weighted by Gasteiger charge is 2.86. The van der Waals surface area contributed by atoms with E-state index in [1.807, 2.05) is 34.6 Å². The van der Waals surface area contributed by atoms with E-state index in [4.69, 9.17) is 4.74 Å². The summed E-state index contributed by atoms with van der Waals surface area (Å²) in [6, 6.07) is 0.257. The number of rotatable bonds is 10. The van der Waals surface area contributed by atoms with Crippen LogP contribution in [-0.2, 0) is 19.1 Å². The molecule has 0 aliphatic heterocycles. The lowest BCUT2D eigenvalue weighted by Gasteiger charge is -2.63. The predicted molar refractivity (Wildman–Crippen MR) is 215 cm³/mol. The lowest BCUT2D eigenvalue weighted by Crippen LogP contribution is -2.68. The predicted octanol–water partition coefficient (Wildman–Crippen LogP) is 7.96. The Bertz CT molecular complexity index is 1380. The molecule has 1 amide bonds. The van der Waals surface area contributed by atoms with Gasteiger partial charge in [0.2, 0.25) is 5.91 Å². The van der Waals surface area contributed by atoms with E-state index in [0.29, 0.717) is 23.4 Å². The SMILES string of the molecule is CC(C)C(=O)N[C@H]1CCC23C[C@]24C(=O)C[C@]2(C)[C@@H]([C@H](C)N(C)C)[C@H](OC(=O)C(C)(C)C)C[C@@]2(C)[C@@H]4CC[C@H]3[C@]1(C)CNC([Si](C)(C)C)[Si](C)(C)C. The molecule has 9 heteroatoms. The first-order chi connectivity index (χ1) is 23.0. The van der Waals surface area contributed by atoms with Crippen LogP contribution in [0, 0.1) is 56.2 Å². The van der Waals surface area contributed by atoms with Crippen molar-refractivity contribution < 1.29 is 19.1 Å². The van der Waals surface area contributed by atoms with E-state index in [1.165, 1.54) is 0 Å². The van der Waals surface area contributed by atoms with Crippen LogP contribution < -0.4 is 10.6 Å². The van der Waals surface area contributed by atoms with Crippen molar-refractivity contribution in [2.24, 2.45) is 56.2 Å². The number of ether oxygens (including phenoxy) is 1. The topological polar surface area (TPSA) is 87.7 Å². The zero-order chi connectivity index (χ0) is 38.7. The average Bonchev–Trinajstić information content (AvgIpc) is 3.60. The van der Waals surface area contributed by atoms with Crippen LogP contribution in [-0.4, -0.2) is 82.8 Å². The van der Waals surface area contributed by atoms with E-state index in [-0.39, 0.29) is 74.9 Å². The van der Waals surface area contributed by atoms with Crippen LogP contribution in [0.4, 0.5) is 0 Å². The summed E-state index contributed by atoms with van der Waals surface area (Å²) in [5, 5.41) is 8.38. The standard InChI is InChI=1S/C42H77N3O4Si2/c1-26(2)34(47)44-31-20-21-41-24-42(41)30(19-18-29(41)38(31,7)25-43-36(50(12,13)14)51(15,16)17)39(8)22-28(49-35(48)37(4,5)6)33(27(3)45(10)11)40(39,9)23-32(42)46/h26-31,33,36,43H,18-25H2,1-17H3,(H,44,47)/t27-,28+,29-,30-,31-,33-,38-,39-,40+,41?,42-/m0/s1. The molecule has 0 radical (unpaired) electrons. The van der Waals surface area contributed by atoms with Crippen LogP contribution in [0.5, 0.6) is 0 Å². The zero-order valence-corrected chi connectivity index (χ0v) is 37.9. The molecule has 7 nitrogen and oxygen atoms in total. The first-order valence-corrected chi connectivity index (χ1v) is 27.6. The van der Waals surface area contributed by atoms with Crippen molar-refractivity contribution in [2.75, 3.05) is 20.6 Å². The van der Waals surface area contributed by atoms with Gasteiger partial charge in [-0.1, -0.05) is 73.9 Å². The Morgan fingerprint density at radius 2 is 1.49 bits per heavy atom. The van der Waals surface area contributed by atoms with Crippen molar-refractivity contribution in [1.29, 1.82) is 0 Å². The van der Waals surface area contributed by atoms with Gasteiger partial charge in [0.15, 0.2) is 0 Å². The molecule has 5 aliphatic rings. The highest BCUT2D eigenvalue weighted by atomic mass is 28.4. The maximum Gasteiger partial charge on any atom is 0.311 e. The third-order valence-corrected chi connectivity index (χ3v) is 25.2. The molecule has 11 atom stereocenters. The molecule has 5 rings (SSSR count). The molecule has 0 aromatic heterocycles. The van der Waals surface area contributed by atoms with Crippen LogP contribution in [0.25, 0.3) is 0 Å². The molecule has 5 aliphatic carbocycles. The number of carbonyl (C=O) groups is 3. The minimum absolute atomic E-state index is 0.0243. The van der Waals surface area contributed by atoms with Crippen molar-refractivity contribution >= 4 is 33.8 Å². The molecule has 5 saturated carbocycles. The minimum atomic E-state index is -1.52. The highest BCUT2D eigenvalue weighted by molar-refractivity contribution is 6.96. The van der Waals surface area contributed by atoms with Crippen LogP contribution in [0.3, 0.4) is 0 Å². The minimum Gasteiger partial charge on any atom is -0.462 e. The average molecular weight is 744 g/mol. The monoisotopic (exact) mass is 744 g/mol. The Hall–Kier alpha value is -1.04. The van der Waals surface area contributed by atoms with Gasteiger partial charge in [0, 0.05) is 47.7 Å². The van der Waals surface area contributed by atoms with Crippen molar-refractivity contribution in [3.05, 3.63) is 0 Å². The number of esters is 1. The Morgan fingerprint density at radius 1 is 0.922 bits per heavy atom. The number of nitrogens with one attached hydrogen (secondary N) is 2. The lowest BCUT2D eigenvalue weighted by molar-refractivity contribution is -0.171. The molecular weight excluding hydrogens is 667 g/mol. The van der Waals surface area contributed by atoms with Crippen LogP contribution >= 0.6 is 0 Å². The molecule has 5 fully saturated rings.